The van der Waals surface area contributed by atoms with Gasteiger partial charge in [0.1, 0.15) is 18.1 Å². The van der Waals surface area contributed by atoms with Gasteiger partial charge in [-0.3, -0.25) is 9.48 Å². The number of hydrogen-bond acceptors (Lipinski definition) is 4. The number of halogens is 1. The molecule has 1 N–H and O–H groups in total. The van der Waals surface area contributed by atoms with E-state index in [0.29, 0.717) is 23.9 Å². The van der Waals surface area contributed by atoms with E-state index in [0.717, 1.165) is 28.2 Å². The Kier molecular flexibility index (Phi) is 7.85. The number of carbonyl (C=O) groups is 1. The molecule has 0 aliphatic heterocycles. The van der Waals surface area contributed by atoms with Crippen LogP contribution in [0.5, 0.6) is 11.5 Å². The van der Waals surface area contributed by atoms with Crippen LogP contribution in [0.2, 0.25) is 5.02 Å². The molecule has 3 aromatic carbocycles. The average molecular weight is 488 g/mol. The lowest BCUT2D eigenvalue weighted by atomic mass is 10.1. The first-order chi connectivity index (χ1) is 17.0. The molecule has 1 aromatic heterocycles. The first kappa shape index (κ1) is 24.1. The van der Waals surface area contributed by atoms with Crippen LogP contribution in [0.1, 0.15) is 22.3 Å². The van der Waals surface area contributed by atoms with Crippen LogP contribution >= 0.6 is 11.6 Å². The van der Waals surface area contributed by atoms with Gasteiger partial charge in [0.25, 0.3) is 0 Å². The number of rotatable bonds is 9. The number of ether oxygens (including phenoxy) is 2. The van der Waals surface area contributed by atoms with Crippen LogP contribution in [-0.2, 0) is 17.9 Å². The molecular weight excluding hydrogens is 462 g/mol. The molecule has 0 atom stereocenters. The number of amides is 1. The van der Waals surface area contributed by atoms with E-state index in [9.17, 15) is 4.79 Å². The Labute approximate surface area is 209 Å². The van der Waals surface area contributed by atoms with Gasteiger partial charge in [-0.15, -0.1) is 0 Å². The smallest absolute Gasteiger partial charge is 0.248 e. The summed E-state index contributed by atoms with van der Waals surface area (Å²) in [5.74, 6) is 1.26. The third-order valence-electron chi connectivity index (χ3n) is 5.28. The second-order valence-electron chi connectivity index (χ2n) is 8.05. The first-order valence-corrected chi connectivity index (χ1v) is 11.5. The van der Waals surface area contributed by atoms with Gasteiger partial charge in [-0.1, -0.05) is 47.5 Å². The van der Waals surface area contributed by atoms with Gasteiger partial charge in [-0.05, 0) is 60.5 Å². The van der Waals surface area contributed by atoms with E-state index in [-0.39, 0.29) is 5.91 Å². The monoisotopic (exact) mass is 487 g/mol. The van der Waals surface area contributed by atoms with E-state index in [2.05, 4.69) is 10.4 Å². The highest BCUT2D eigenvalue weighted by atomic mass is 35.5. The maximum Gasteiger partial charge on any atom is 0.248 e. The van der Waals surface area contributed by atoms with Crippen molar-refractivity contribution >= 4 is 29.3 Å². The number of aromatic nitrogens is 2. The summed E-state index contributed by atoms with van der Waals surface area (Å²) in [7, 11) is 1.63. The lowest BCUT2D eigenvalue weighted by molar-refractivity contribution is -0.111. The van der Waals surface area contributed by atoms with E-state index in [4.69, 9.17) is 21.1 Å². The SMILES string of the molecule is COc1ccc(/C=C/C(=O)Nc2cnn(Cc3cccc(Cl)c3)c2)cc1COc1ccc(C)cc1. The van der Waals surface area contributed by atoms with Gasteiger partial charge in [-0.2, -0.15) is 5.10 Å². The zero-order valence-corrected chi connectivity index (χ0v) is 20.3. The molecule has 35 heavy (non-hydrogen) atoms. The van der Waals surface area contributed by atoms with E-state index in [1.54, 1.807) is 30.3 Å². The van der Waals surface area contributed by atoms with Crippen LogP contribution in [0.4, 0.5) is 5.69 Å². The summed E-state index contributed by atoms with van der Waals surface area (Å²) < 4.78 is 13.1. The zero-order valence-electron chi connectivity index (χ0n) is 19.6. The summed E-state index contributed by atoms with van der Waals surface area (Å²) in [6.45, 7) is 2.95. The molecule has 178 valence electrons. The highest BCUT2D eigenvalue weighted by Gasteiger charge is 2.07. The normalized spacial score (nSPS) is 10.9. The Morgan fingerprint density at radius 3 is 2.71 bits per heavy atom. The number of nitrogens with one attached hydrogen (secondary N) is 1. The molecular formula is C28H26ClN3O3. The van der Waals surface area contributed by atoms with Crippen LogP contribution in [0, 0.1) is 6.92 Å². The number of nitrogens with zero attached hydrogens (tertiary/aromatic N) is 2. The first-order valence-electron chi connectivity index (χ1n) is 11.1. The average Bonchev–Trinajstić information content (AvgIpc) is 3.28. The second-order valence-corrected chi connectivity index (χ2v) is 8.49. The van der Waals surface area contributed by atoms with Crippen molar-refractivity contribution < 1.29 is 14.3 Å². The number of carbonyl (C=O) groups excluding carboxylic acids is 1. The van der Waals surface area contributed by atoms with E-state index in [1.807, 2.05) is 73.7 Å². The lowest BCUT2D eigenvalue weighted by Gasteiger charge is -2.11. The highest BCUT2D eigenvalue weighted by molar-refractivity contribution is 6.30. The molecule has 1 heterocycles. The molecule has 0 aliphatic rings. The fourth-order valence-electron chi connectivity index (χ4n) is 3.50. The molecule has 6 nitrogen and oxygen atoms in total. The number of aryl methyl sites for hydroxylation is 1. The third kappa shape index (κ3) is 6.98. The summed E-state index contributed by atoms with van der Waals surface area (Å²) in [4.78, 5) is 12.4. The molecule has 0 saturated carbocycles. The van der Waals surface area contributed by atoms with Gasteiger partial charge in [0.15, 0.2) is 0 Å². The fourth-order valence-corrected chi connectivity index (χ4v) is 3.72. The van der Waals surface area contributed by atoms with Crippen molar-refractivity contribution in [1.29, 1.82) is 0 Å². The van der Waals surface area contributed by atoms with Gasteiger partial charge in [-0.25, -0.2) is 0 Å². The molecule has 0 unspecified atom stereocenters. The molecule has 0 radical (unpaired) electrons. The number of anilines is 1. The minimum atomic E-state index is -0.249. The maximum absolute atomic E-state index is 12.4. The van der Waals surface area contributed by atoms with Crippen molar-refractivity contribution in [2.75, 3.05) is 12.4 Å². The molecule has 0 spiro atoms. The van der Waals surface area contributed by atoms with Gasteiger partial charge in [0, 0.05) is 22.9 Å². The Hall–Kier alpha value is -4.03. The topological polar surface area (TPSA) is 65.4 Å². The van der Waals surface area contributed by atoms with Crippen LogP contribution in [0.15, 0.2) is 85.2 Å². The summed E-state index contributed by atoms with van der Waals surface area (Å²) in [6, 6.07) is 21.2. The fraction of sp³-hybridized carbons (Fsp3) is 0.143. The summed E-state index contributed by atoms with van der Waals surface area (Å²) in [5.41, 5.74) is 4.57. The van der Waals surface area contributed by atoms with E-state index < -0.39 is 0 Å². The second kappa shape index (κ2) is 11.4. The Morgan fingerprint density at radius 1 is 1.11 bits per heavy atom. The number of benzene rings is 3. The third-order valence-corrected chi connectivity index (χ3v) is 5.52. The molecule has 0 saturated heterocycles. The van der Waals surface area contributed by atoms with E-state index in [1.165, 1.54) is 11.6 Å². The van der Waals surface area contributed by atoms with Crippen LogP contribution in [0.25, 0.3) is 6.08 Å². The van der Waals surface area contributed by atoms with Crippen molar-refractivity contribution in [3.05, 3.63) is 112 Å². The Bertz CT molecular complexity index is 1330. The van der Waals surface area contributed by atoms with Crippen LogP contribution < -0.4 is 14.8 Å². The van der Waals surface area contributed by atoms with Crippen molar-refractivity contribution in [2.45, 2.75) is 20.1 Å². The molecule has 0 fully saturated rings. The predicted octanol–water partition coefficient (Wildman–Crippen LogP) is 6.13. The van der Waals surface area contributed by atoms with Crippen LogP contribution in [-0.4, -0.2) is 22.8 Å². The summed E-state index contributed by atoms with van der Waals surface area (Å²) in [5, 5.41) is 7.81. The lowest BCUT2D eigenvalue weighted by Crippen LogP contribution is -2.07. The minimum absolute atomic E-state index is 0.249. The van der Waals surface area contributed by atoms with E-state index >= 15 is 0 Å². The number of methoxy groups -OCH3 is 1. The molecule has 4 rings (SSSR count). The maximum atomic E-state index is 12.4. The van der Waals surface area contributed by atoms with Gasteiger partial charge in [0.2, 0.25) is 5.91 Å². The number of hydrogen-bond donors (Lipinski definition) is 1. The summed E-state index contributed by atoms with van der Waals surface area (Å²) >= 11 is 6.04. The van der Waals surface area contributed by atoms with Crippen molar-refractivity contribution in [2.24, 2.45) is 0 Å². The van der Waals surface area contributed by atoms with Gasteiger partial charge in [0.05, 0.1) is 25.5 Å². The Morgan fingerprint density at radius 2 is 1.94 bits per heavy atom. The predicted molar refractivity (Wildman–Crippen MR) is 139 cm³/mol. The molecule has 0 bridgehead atoms. The molecule has 4 aromatic rings. The highest BCUT2D eigenvalue weighted by Crippen LogP contribution is 2.23. The van der Waals surface area contributed by atoms with Crippen molar-refractivity contribution in [3.8, 4) is 11.5 Å². The minimum Gasteiger partial charge on any atom is -0.496 e. The van der Waals surface area contributed by atoms with Crippen molar-refractivity contribution in [3.63, 3.8) is 0 Å². The van der Waals surface area contributed by atoms with Gasteiger partial charge < -0.3 is 14.8 Å². The van der Waals surface area contributed by atoms with Crippen LogP contribution in [0.3, 0.4) is 0 Å². The van der Waals surface area contributed by atoms with Gasteiger partial charge >= 0.3 is 0 Å². The largest absolute Gasteiger partial charge is 0.496 e. The molecule has 7 heteroatoms. The van der Waals surface area contributed by atoms with Crippen molar-refractivity contribution in [1.82, 2.24) is 9.78 Å². The summed E-state index contributed by atoms with van der Waals surface area (Å²) in [6.07, 6.45) is 6.63. The zero-order chi connectivity index (χ0) is 24.6. The quantitative estimate of drug-likeness (QED) is 0.288. The Balaban J connectivity index is 1.36. The standard InChI is InChI=1S/C28H26ClN3O3/c1-20-6-10-26(11-7-20)35-19-23-14-21(8-12-27(23)34-2)9-13-28(33)31-25-16-30-32(18-25)17-22-4-3-5-24(29)15-22/h3-16,18H,17,19H2,1-2H3,(H,31,33)/b13-9+. The molecule has 0 aliphatic carbocycles. The molecule has 1 amide bonds.